The average molecular weight is 932 g/mol. The molecule has 7 atom stereocenters. The van der Waals surface area contributed by atoms with E-state index in [1.807, 2.05) is 6.08 Å². The standard InChI is InChI=1S/C51H65NO15/c1-4-6-8-10-12-14-25-33-42(53)52-39(40(32-24-13-11-9-7-5-2)63-46(54)36-26-18-15-19-27-36)34-62-51(3)45(66-48(56)38-30-22-17-23-31-38)44(64-47(55)37-28-20-16-21-29-37)43(65-50(59)60)41(67-51)35-61-49(57)58/h15-24,26-32,39-41,43-45H,4-14,25,33-35H2,1-3H3,(H,52,53)(H,57,58)(H,59,60)/b32-24+/t39-,40+,41+,43-,44-,45+,51+/m0/s1. The van der Waals surface area contributed by atoms with Crippen LogP contribution < -0.4 is 5.32 Å². The number of carbonyl (C=O) groups excluding carboxylic acids is 4. The molecule has 0 unspecified atom stereocenters. The molecule has 0 saturated carbocycles. The summed E-state index contributed by atoms with van der Waals surface area (Å²) in [4.78, 5) is 79.2. The molecule has 1 fully saturated rings. The van der Waals surface area contributed by atoms with Gasteiger partial charge in [0, 0.05) is 6.42 Å². The molecule has 1 aliphatic rings. The molecule has 1 aliphatic heterocycles. The Morgan fingerprint density at radius 3 is 1.73 bits per heavy atom. The number of unbranched alkanes of at least 4 members (excludes halogenated alkanes) is 10. The van der Waals surface area contributed by atoms with Gasteiger partial charge in [0.1, 0.15) is 18.8 Å². The van der Waals surface area contributed by atoms with Crippen LogP contribution in [-0.4, -0.2) is 102 Å². The topological polar surface area (TPSA) is 220 Å². The number of esters is 3. The van der Waals surface area contributed by atoms with Crippen LogP contribution in [0.1, 0.15) is 135 Å². The first-order valence-electron chi connectivity index (χ1n) is 23.2. The van der Waals surface area contributed by atoms with Gasteiger partial charge in [-0.1, -0.05) is 132 Å². The summed E-state index contributed by atoms with van der Waals surface area (Å²) in [5.74, 6) is -5.25. The summed E-state index contributed by atoms with van der Waals surface area (Å²) in [5, 5.41) is 22.4. The summed E-state index contributed by atoms with van der Waals surface area (Å²) >= 11 is 0. The number of amides is 1. The number of nitrogens with one attached hydrogen (secondary N) is 1. The summed E-state index contributed by atoms with van der Waals surface area (Å²) in [6.45, 7) is 4.19. The van der Waals surface area contributed by atoms with Crippen molar-refractivity contribution in [2.75, 3.05) is 13.2 Å². The Kier molecular flexibility index (Phi) is 22.9. The van der Waals surface area contributed by atoms with E-state index in [0.717, 1.165) is 64.2 Å². The smallest absolute Gasteiger partial charge is 0.452 e. The summed E-state index contributed by atoms with van der Waals surface area (Å²) in [7, 11) is 0. The van der Waals surface area contributed by atoms with E-state index in [-0.39, 0.29) is 29.0 Å². The SMILES string of the molecule is CCCCCC/C=C/[C@@H](OC(=O)c1ccccc1)[C@H](CO[C@]1(C)O[C@H](COC(=O)O)[C@H](OC(=O)O)[C@H](OC(=O)c2ccccc2)[C@H]1OC(=O)c1ccccc1)NC(=O)CCCCCCCCC. The predicted molar refractivity (Wildman–Crippen MR) is 245 cm³/mol. The fourth-order valence-electron chi connectivity index (χ4n) is 7.54. The predicted octanol–water partition coefficient (Wildman–Crippen LogP) is 9.70. The molecule has 0 radical (unpaired) electrons. The van der Waals surface area contributed by atoms with Crippen molar-refractivity contribution in [2.45, 2.75) is 147 Å². The maximum Gasteiger partial charge on any atom is 0.506 e. The van der Waals surface area contributed by atoms with Crippen LogP contribution in [0.2, 0.25) is 0 Å². The van der Waals surface area contributed by atoms with Crippen molar-refractivity contribution in [3.8, 4) is 0 Å². The number of hydrogen-bond acceptors (Lipinski definition) is 13. The Hall–Kier alpha value is -6.26. The van der Waals surface area contributed by atoms with E-state index in [4.69, 9.17) is 33.2 Å². The van der Waals surface area contributed by atoms with Crippen LogP contribution >= 0.6 is 0 Å². The molecule has 0 bridgehead atoms. The summed E-state index contributed by atoms with van der Waals surface area (Å²) in [5.41, 5.74) is 0.338. The van der Waals surface area contributed by atoms with Crippen molar-refractivity contribution >= 4 is 36.1 Å². The Morgan fingerprint density at radius 1 is 0.657 bits per heavy atom. The molecule has 1 amide bonds. The number of benzene rings is 3. The second-order valence-electron chi connectivity index (χ2n) is 16.4. The van der Waals surface area contributed by atoms with Crippen molar-refractivity contribution in [3.63, 3.8) is 0 Å². The molecule has 16 nitrogen and oxygen atoms in total. The van der Waals surface area contributed by atoms with Crippen LogP contribution in [0.25, 0.3) is 0 Å². The van der Waals surface area contributed by atoms with E-state index >= 15 is 0 Å². The number of carbonyl (C=O) groups is 6. The molecule has 67 heavy (non-hydrogen) atoms. The fourth-order valence-corrected chi connectivity index (χ4v) is 7.54. The summed E-state index contributed by atoms with van der Waals surface area (Å²) in [6.07, 6.45) is 3.06. The first kappa shape index (κ1) is 53.4. The van der Waals surface area contributed by atoms with Crippen molar-refractivity contribution in [1.29, 1.82) is 0 Å². The highest BCUT2D eigenvalue weighted by Gasteiger charge is 2.60. The average Bonchev–Trinajstić information content (AvgIpc) is 3.32. The van der Waals surface area contributed by atoms with Gasteiger partial charge in [-0.05, 0) is 68.7 Å². The zero-order chi connectivity index (χ0) is 48.4. The molecule has 0 spiro atoms. The van der Waals surface area contributed by atoms with E-state index in [1.54, 1.807) is 72.8 Å². The lowest BCUT2D eigenvalue weighted by Crippen LogP contribution is -2.68. The summed E-state index contributed by atoms with van der Waals surface area (Å²) in [6, 6.07) is 22.6. The Balaban J connectivity index is 1.79. The second kappa shape index (κ2) is 28.7. The third-order valence-corrected chi connectivity index (χ3v) is 11.1. The molecule has 1 heterocycles. The van der Waals surface area contributed by atoms with Gasteiger partial charge in [0.15, 0.2) is 18.3 Å². The molecule has 0 aliphatic carbocycles. The van der Waals surface area contributed by atoms with Crippen LogP contribution in [0.5, 0.6) is 0 Å². The first-order valence-corrected chi connectivity index (χ1v) is 23.2. The Bertz CT molecular complexity index is 2010. The highest BCUT2D eigenvalue weighted by atomic mass is 16.8. The molecular weight excluding hydrogens is 867 g/mol. The number of carboxylic acid groups (broad SMARTS) is 2. The number of rotatable bonds is 28. The normalized spacial score (nSPS) is 19.9. The molecule has 3 aromatic carbocycles. The van der Waals surface area contributed by atoms with Crippen LogP contribution in [0, 0.1) is 0 Å². The molecule has 0 aromatic heterocycles. The van der Waals surface area contributed by atoms with Crippen LogP contribution in [0.3, 0.4) is 0 Å². The molecular formula is C51H65NO15. The van der Waals surface area contributed by atoms with Crippen molar-refractivity contribution in [1.82, 2.24) is 5.32 Å². The van der Waals surface area contributed by atoms with Gasteiger partial charge < -0.3 is 48.7 Å². The maximum absolute atomic E-state index is 13.9. The zero-order valence-corrected chi connectivity index (χ0v) is 38.6. The van der Waals surface area contributed by atoms with Gasteiger partial charge in [-0.2, -0.15) is 0 Å². The monoisotopic (exact) mass is 931 g/mol. The minimum Gasteiger partial charge on any atom is -0.452 e. The van der Waals surface area contributed by atoms with Gasteiger partial charge in [-0.15, -0.1) is 0 Å². The molecule has 4 rings (SSSR count). The van der Waals surface area contributed by atoms with Crippen molar-refractivity contribution in [2.24, 2.45) is 0 Å². The van der Waals surface area contributed by atoms with Gasteiger partial charge in [0.2, 0.25) is 11.7 Å². The lowest BCUT2D eigenvalue weighted by atomic mass is 9.92. The van der Waals surface area contributed by atoms with Gasteiger partial charge in [0.05, 0.1) is 29.3 Å². The largest absolute Gasteiger partial charge is 0.506 e. The minimum absolute atomic E-state index is 0.0328. The molecule has 1 saturated heterocycles. The fraction of sp³-hybridized carbons (Fsp3) is 0.490. The van der Waals surface area contributed by atoms with E-state index < -0.39 is 85.8 Å². The van der Waals surface area contributed by atoms with Crippen molar-refractivity contribution < 1.29 is 72.1 Å². The third-order valence-electron chi connectivity index (χ3n) is 11.1. The maximum atomic E-state index is 13.9. The third kappa shape index (κ3) is 18.2. The van der Waals surface area contributed by atoms with E-state index in [1.165, 1.54) is 31.2 Å². The highest BCUT2D eigenvalue weighted by Crippen LogP contribution is 2.38. The highest BCUT2D eigenvalue weighted by molar-refractivity contribution is 5.91. The van der Waals surface area contributed by atoms with Gasteiger partial charge in [0.25, 0.3) is 0 Å². The van der Waals surface area contributed by atoms with Crippen LogP contribution in [-0.2, 0) is 38.0 Å². The van der Waals surface area contributed by atoms with Gasteiger partial charge in [-0.3, -0.25) is 4.79 Å². The number of ether oxygens (including phenoxy) is 7. The van der Waals surface area contributed by atoms with Crippen LogP contribution in [0.4, 0.5) is 9.59 Å². The summed E-state index contributed by atoms with van der Waals surface area (Å²) < 4.78 is 41.1. The Morgan fingerprint density at radius 2 is 1.18 bits per heavy atom. The quantitative estimate of drug-likeness (QED) is 0.0267. The molecule has 364 valence electrons. The van der Waals surface area contributed by atoms with Gasteiger partial charge in [-0.25, -0.2) is 24.0 Å². The van der Waals surface area contributed by atoms with E-state index in [2.05, 4.69) is 19.2 Å². The van der Waals surface area contributed by atoms with E-state index in [0.29, 0.717) is 12.8 Å². The zero-order valence-electron chi connectivity index (χ0n) is 38.6. The number of allylic oxidation sites excluding steroid dienone is 1. The van der Waals surface area contributed by atoms with Gasteiger partial charge >= 0.3 is 30.2 Å². The lowest BCUT2D eigenvalue weighted by molar-refractivity contribution is -0.355. The van der Waals surface area contributed by atoms with Crippen molar-refractivity contribution in [3.05, 3.63) is 120 Å². The second-order valence-corrected chi connectivity index (χ2v) is 16.4. The molecule has 3 aromatic rings. The Labute approximate surface area is 392 Å². The number of hydrogen-bond donors (Lipinski definition) is 3. The minimum atomic E-state index is -2.25. The first-order chi connectivity index (χ1) is 32.3. The molecule has 3 N–H and O–H groups in total. The lowest BCUT2D eigenvalue weighted by Gasteiger charge is -2.49. The van der Waals surface area contributed by atoms with Crippen LogP contribution in [0.15, 0.2) is 103 Å². The molecule has 16 heteroatoms. The van der Waals surface area contributed by atoms with E-state index in [9.17, 15) is 39.0 Å².